The predicted molar refractivity (Wildman–Crippen MR) is 131 cm³/mol. The summed E-state index contributed by atoms with van der Waals surface area (Å²) < 4.78 is 18.6. The Morgan fingerprint density at radius 1 is 1.12 bits per heavy atom. The van der Waals surface area contributed by atoms with E-state index in [-0.39, 0.29) is 6.79 Å². The highest BCUT2D eigenvalue weighted by Crippen LogP contribution is 2.45. The lowest BCUT2D eigenvalue weighted by molar-refractivity contribution is 0.171. The van der Waals surface area contributed by atoms with E-state index in [0.29, 0.717) is 23.3 Å². The fraction of sp³-hybridized carbons (Fsp3) is 0.320. The molecule has 0 saturated heterocycles. The number of aryl methyl sites for hydroxylation is 1. The lowest BCUT2D eigenvalue weighted by atomic mass is 10.1. The van der Waals surface area contributed by atoms with Crippen LogP contribution >= 0.6 is 0 Å². The summed E-state index contributed by atoms with van der Waals surface area (Å²) in [5.74, 6) is 1.97. The van der Waals surface area contributed by atoms with Crippen molar-refractivity contribution in [2.24, 2.45) is 7.05 Å². The van der Waals surface area contributed by atoms with Gasteiger partial charge in [0.05, 0.1) is 24.5 Å². The molecular weight excluding hydrogens is 432 g/mol. The summed E-state index contributed by atoms with van der Waals surface area (Å²) in [6, 6.07) is 12.6. The van der Waals surface area contributed by atoms with Crippen molar-refractivity contribution in [3.63, 3.8) is 0 Å². The molecule has 0 saturated carbocycles. The first-order chi connectivity index (χ1) is 16.5. The van der Waals surface area contributed by atoms with E-state index in [2.05, 4.69) is 51.5 Å². The second-order valence-corrected chi connectivity index (χ2v) is 8.52. The average Bonchev–Trinajstić information content (AvgIpc) is 3.49. The van der Waals surface area contributed by atoms with Gasteiger partial charge in [0.1, 0.15) is 0 Å². The molecule has 0 fully saturated rings. The van der Waals surface area contributed by atoms with E-state index in [9.17, 15) is 0 Å². The van der Waals surface area contributed by atoms with Gasteiger partial charge in [0.25, 0.3) is 0 Å². The Morgan fingerprint density at radius 2 is 2.00 bits per heavy atom. The van der Waals surface area contributed by atoms with Crippen LogP contribution in [0.2, 0.25) is 0 Å². The first-order valence-electron chi connectivity index (χ1n) is 11.3. The quantitative estimate of drug-likeness (QED) is 0.424. The van der Waals surface area contributed by atoms with Gasteiger partial charge in [-0.05, 0) is 24.3 Å². The lowest BCUT2D eigenvalue weighted by Gasteiger charge is -2.27. The molecule has 9 nitrogen and oxygen atoms in total. The monoisotopic (exact) mass is 460 g/mol. The average molecular weight is 461 g/mol. The Bertz CT molecular complexity index is 1320. The molecule has 2 aromatic heterocycles. The summed E-state index contributed by atoms with van der Waals surface area (Å²) in [5, 5.41) is 17.6. The third-order valence-corrected chi connectivity index (χ3v) is 5.72. The molecule has 0 radical (unpaired) electrons. The lowest BCUT2D eigenvalue weighted by Crippen LogP contribution is -2.32. The Morgan fingerprint density at radius 3 is 2.76 bits per heavy atom. The molecule has 9 heteroatoms. The van der Waals surface area contributed by atoms with Gasteiger partial charge in [-0.15, -0.1) is 10.2 Å². The number of hydrogen-bond acceptors (Lipinski definition) is 8. The van der Waals surface area contributed by atoms with E-state index in [0.717, 1.165) is 46.6 Å². The van der Waals surface area contributed by atoms with Crippen LogP contribution in [0.1, 0.15) is 13.8 Å². The molecule has 0 spiro atoms. The van der Waals surface area contributed by atoms with Crippen molar-refractivity contribution >= 4 is 22.3 Å². The number of ether oxygens (including phenoxy) is 3. The van der Waals surface area contributed by atoms with E-state index >= 15 is 0 Å². The third-order valence-electron chi connectivity index (χ3n) is 5.72. The van der Waals surface area contributed by atoms with Crippen LogP contribution in [0.15, 0.2) is 48.8 Å². The standard InChI is InChI=1S/C25H28N6O3/c1-16(2)26-7-8-31(20-11-23(32-4)25-24(12-20)33-15-34-25)19-5-6-21-17(9-19)10-22(29-28-21)18-13-27-30(3)14-18/h5-6,9-14,16,26H,7-8,15H2,1-4H3. The van der Waals surface area contributed by atoms with Crippen LogP contribution in [0.4, 0.5) is 11.4 Å². The minimum atomic E-state index is 0.190. The zero-order valence-corrected chi connectivity index (χ0v) is 19.8. The molecule has 4 aromatic rings. The minimum Gasteiger partial charge on any atom is -0.493 e. The molecule has 1 aliphatic heterocycles. The van der Waals surface area contributed by atoms with Gasteiger partial charge >= 0.3 is 0 Å². The minimum absolute atomic E-state index is 0.190. The van der Waals surface area contributed by atoms with Gasteiger partial charge in [-0.3, -0.25) is 4.68 Å². The topological polar surface area (TPSA) is 86.6 Å². The van der Waals surface area contributed by atoms with Gasteiger partial charge in [0.2, 0.25) is 12.5 Å². The van der Waals surface area contributed by atoms with Crippen LogP contribution in [0.3, 0.4) is 0 Å². The summed E-state index contributed by atoms with van der Waals surface area (Å²) in [6.07, 6.45) is 3.73. The van der Waals surface area contributed by atoms with E-state index in [1.807, 2.05) is 37.5 Å². The van der Waals surface area contributed by atoms with Crippen LogP contribution in [-0.4, -0.2) is 53.0 Å². The number of fused-ring (bicyclic) bond motifs is 2. The molecule has 2 aromatic carbocycles. The molecule has 0 unspecified atom stereocenters. The van der Waals surface area contributed by atoms with Crippen molar-refractivity contribution in [2.75, 3.05) is 31.9 Å². The van der Waals surface area contributed by atoms with Crippen molar-refractivity contribution in [3.8, 4) is 28.5 Å². The number of hydrogen-bond donors (Lipinski definition) is 1. The molecule has 1 aliphatic rings. The normalized spacial score (nSPS) is 12.5. The molecule has 0 atom stereocenters. The SMILES string of the molecule is COc1cc(N(CCNC(C)C)c2ccc3nnc(-c4cnn(C)c4)cc3c2)cc2c1OCO2. The summed E-state index contributed by atoms with van der Waals surface area (Å²) in [4.78, 5) is 2.24. The van der Waals surface area contributed by atoms with Crippen molar-refractivity contribution in [2.45, 2.75) is 19.9 Å². The van der Waals surface area contributed by atoms with E-state index in [1.54, 1.807) is 18.0 Å². The van der Waals surface area contributed by atoms with Gasteiger partial charge in [0.15, 0.2) is 11.5 Å². The fourth-order valence-electron chi connectivity index (χ4n) is 4.04. The predicted octanol–water partition coefficient (Wildman–Crippen LogP) is 3.90. The van der Waals surface area contributed by atoms with Gasteiger partial charge in [-0.2, -0.15) is 5.10 Å². The highest BCUT2D eigenvalue weighted by molar-refractivity contribution is 5.86. The van der Waals surface area contributed by atoms with E-state index < -0.39 is 0 Å². The van der Waals surface area contributed by atoms with Crippen molar-refractivity contribution < 1.29 is 14.2 Å². The third kappa shape index (κ3) is 4.34. The van der Waals surface area contributed by atoms with Crippen LogP contribution in [0, 0.1) is 0 Å². The summed E-state index contributed by atoms with van der Waals surface area (Å²) in [7, 11) is 3.53. The van der Waals surface area contributed by atoms with Crippen molar-refractivity contribution in [1.82, 2.24) is 25.3 Å². The van der Waals surface area contributed by atoms with Crippen molar-refractivity contribution in [1.29, 1.82) is 0 Å². The molecule has 5 rings (SSSR count). The smallest absolute Gasteiger partial charge is 0.231 e. The zero-order valence-electron chi connectivity index (χ0n) is 19.8. The number of methoxy groups -OCH3 is 1. The van der Waals surface area contributed by atoms with Crippen LogP contribution in [0.5, 0.6) is 17.2 Å². The second-order valence-electron chi connectivity index (χ2n) is 8.52. The number of nitrogens with one attached hydrogen (secondary N) is 1. The number of aromatic nitrogens is 4. The summed E-state index contributed by atoms with van der Waals surface area (Å²) in [5.41, 5.74) is 4.54. The molecule has 1 N–H and O–H groups in total. The number of benzene rings is 2. The first-order valence-corrected chi connectivity index (χ1v) is 11.3. The fourth-order valence-corrected chi connectivity index (χ4v) is 4.04. The van der Waals surface area contributed by atoms with Gasteiger partial charge in [0, 0.05) is 66.8 Å². The highest BCUT2D eigenvalue weighted by Gasteiger charge is 2.23. The maximum Gasteiger partial charge on any atom is 0.231 e. The van der Waals surface area contributed by atoms with Crippen LogP contribution in [0.25, 0.3) is 22.2 Å². The molecule has 3 heterocycles. The highest BCUT2D eigenvalue weighted by atomic mass is 16.7. The molecular formula is C25H28N6O3. The number of nitrogens with zero attached hydrogens (tertiary/aromatic N) is 5. The maximum absolute atomic E-state index is 5.68. The first kappa shape index (κ1) is 22.0. The zero-order chi connectivity index (χ0) is 23.7. The van der Waals surface area contributed by atoms with Gasteiger partial charge < -0.3 is 24.4 Å². The van der Waals surface area contributed by atoms with Crippen molar-refractivity contribution in [3.05, 3.63) is 48.8 Å². The van der Waals surface area contributed by atoms with Gasteiger partial charge in [-0.1, -0.05) is 13.8 Å². The molecule has 0 bridgehead atoms. The Balaban J connectivity index is 1.56. The molecule has 0 amide bonds. The van der Waals surface area contributed by atoms with E-state index in [1.165, 1.54) is 0 Å². The summed E-state index contributed by atoms with van der Waals surface area (Å²) >= 11 is 0. The molecule has 0 aliphatic carbocycles. The Hall–Kier alpha value is -3.85. The Labute approximate surface area is 198 Å². The Kier molecular flexibility index (Phi) is 5.93. The molecule has 34 heavy (non-hydrogen) atoms. The maximum atomic E-state index is 5.68. The largest absolute Gasteiger partial charge is 0.493 e. The molecule has 176 valence electrons. The van der Waals surface area contributed by atoms with Crippen LogP contribution < -0.4 is 24.4 Å². The summed E-state index contributed by atoms with van der Waals surface area (Å²) in [6.45, 7) is 6.03. The second kappa shape index (κ2) is 9.18. The number of rotatable bonds is 8. The number of anilines is 2. The van der Waals surface area contributed by atoms with Gasteiger partial charge in [-0.25, -0.2) is 0 Å². The van der Waals surface area contributed by atoms with Crippen LogP contribution in [-0.2, 0) is 7.05 Å². The van der Waals surface area contributed by atoms with E-state index in [4.69, 9.17) is 14.2 Å².